The molecule has 96 valence electrons. The lowest BCUT2D eigenvalue weighted by atomic mass is 9.99. The van der Waals surface area contributed by atoms with Crippen LogP contribution in [0.15, 0.2) is 24.3 Å². The molecule has 1 rings (SSSR count). The van der Waals surface area contributed by atoms with Crippen molar-refractivity contribution >= 4 is 0 Å². The van der Waals surface area contributed by atoms with E-state index in [9.17, 15) is 0 Å². The summed E-state index contributed by atoms with van der Waals surface area (Å²) in [7, 11) is 0. The molecule has 0 spiro atoms. The second kappa shape index (κ2) is 6.77. The molecule has 3 N–H and O–H groups in total. The van der Waals surface area contributed by atoms with Crippen LogP contribution < -0.4 is 11.1 Å². The monoisotopic (exact) mass is 234 g/mol. The van der Waals surface area contributed by atoms with Gasteiger partial charge in [0.05, 0.1) is 0 Å². The fourth-order valence-electron chi connectivity index (χ4n) is 1.85. The summed E-state index contributed by atoms with van der Waals surface area (Å²) in [5, 5.41) is 3.44. The quantitative estimate of drug-likeness (QED) is 0.794. The summed E-state index contributed by atoms with van der Waals surface area (Å²) in [6, 6.07) is 9.64. The van der Waals surface area contributed by atoms with Crippen LogP contribution in [0.4, 0.5) is 0 Å². The van der Waals surface area contributed by atoms with Gasteiger partial charge >= 0.3 is 0 Å². The molecule has 0 heterocycles. The van der Waals surface area contributed by atoms with Crippen LogP contribution >= 0.6 is 0 Å². The molecule has 2 unspecified atom stereocenters. The van der Waals surface area contributed by atoms with E-state index in [0.29, 0.717) is 12.0 Å². The summed E-state index contributed by atoms with van der Waals surface area (Å²) in [6.07, 6.45) is 1.06. The lowest BCUT2D eigenvalue weighted by Crippen LogP contribution is -2.37. The van der Waals surface area contributed by atoms with Crippen LogP contribution in [0, 0.1) is 0 Å². The van der Waals surface area contributed by atoms with Gasteiger partial charge in [-0.25, -0.2) is 0 Å². The Morgan fingerprint density at radius 2 is 1.65 bits per heavy atom. The summed E-state index contributed by atoms with van der Waals surface area (Å²) < 4.78 is 0. The van der Waals surface area contributed by atoms with Gasteiger partial charge in [-0.1, -0.05) is 38.1 Å². The Bertz CT molecular complexity index is 314. The Balaban J connectivity index is 2.45. The Kier molecular flexibility index (Phi) is 5.66. The molecule has 2 heteroatoms. The molecule has 0 bridgehead atoms. The van der Waals surface area contributed by atoms with E-state index in [0.717, 1.165) is 13.0 Å². The van der Waals surface area contributed by atoms with Crippen molar-refractivity contribution in [2.24, 2.45) is 5.73 Å². The zero-order chi connectivity index (χ0) is 12.8. The molecule has 0 aliphatic carbocycles. The Hall–Kier alpha value is -0.860. The SMILES string of the molecule is CC(N)CNC(C)Cc1ccc(C(C)C)cc1. The van der Waals surface area contributed by atoms with Crippen molar-refractivity contribution < 1.29 is 0 Å². The van der Waals surface area contributed by atoms with E-state index in [4.69, 9.17) is 5.73 Å². The van der Waals surface area contributed by atoms with Gasteiger partial charge in [0.2, 0.25) is 0 Å². The zero-order valence-electron chi connectivity index (χ0n) is 11.5. The summed E-state index contributed by atoms with van der Waals surface area (Å²) in [6.45, 7) is 9.56. The Labute approximate surface area is 106 Å². The van der Waals surface area contributed by atoms with Crippen molar-refractivity contribution in [2.75, 3.05) is 6.54 Å². The second-order valence-electron chi connectivity index (χ2n) is 5.39. The molecule has 0 saturated heterocycles. The molecule has 0 radical (unpaired) electrons. The molecule has 0 aliphatic heterocycles. The predicted molar refractivity (Wildman–Crippen MR) is 75.3 cm³/mol. The van der Waals surface area contributed by atoms with Crippen molar-refractivity contribution in [1.29, 1.82) is 0 Å². The van der Waals surface area contributed by atoms with E-state index in [-0.39, 0.29) is 6.04 Å². The first-order chi connectivity index (χ1) is 7.99. The largest absolute Gasteiger partial charge is 0.327 e. The van der Waals surface area contributed by atoms with Gasteiger partial charge in [0.25, 0.3) is 0 Å². The lowest BCUT2D eigenvalue weighted by Gasteiger charge is -2.16. The summed E-state index contributed by atoms with van der Waals surface area (Å²) in [4.78, 5) is 0. The normalized spacial score (nSPS) is 14.9. The summed E-state index contributed by atoms with van der Waals surface area (Å²) in [5.74, 6) is 0.609. The van der Waals surface area contributed by atoms with Gasteiger partial charge in [0, 0.05) is 18.6 Å². The molecule has 0 aromatic heterocycles. The third-order valence-corrected chi connectivity index (χ3v) is 2.98. The van der Waals surface area contributed by atoms with E-state index in [1.165, 1.54) is 11.1 Å². The van der Waals surface area contributed by atoms with Crippen molar-refractivity contribution in [1.82, 2.24) is 5.32 Å². The third kappa shape index (κ3) is 5.33. The van der Waals surface area contributed by atoms with Gasteiger partial charge in [-0.2, -0.15) is 0 Å². The number of nitrogens with one attached hydrogen (secondary N) is 1. The topological polar surface area (TPSA) is 38.0 Å². The minimum atomic E-state index is 0.223. The van der Waals surface area contributed by atoms with Crippen LogP contribution in [0.5, 0.6) is 0 Å². The van der Waals surface area contributed by atoms with Gasteiger partial charge in [-0.05, 0) is 37.3 Å². The Morgan fingerprint density at radius 1 is 1.06 bits per heavy atom. The molecule has 17 heavy (non-hydrogen) atoms. The smallest absolute Gasteiger partial charge is 0.0136 e. The average Bonchev–Trinajstić information content (AvgIpc) is 2.27. The molecule has 0 saturated carbocycles. The first-order valence-electron chi connectivity index (χ1n) is 6.57. The summed E-state index contributed by atoms with van der Waals surface area (Å²) in [5.41, 5.74) is 8.52. The maximum Gasteiger partial charge on any atom is 0.0136 e. The van der Waals surface area contributed by atoms with Crippen LogP contribution in [-0.4, -0.2) is 18.6 Å². The number of benzene rings is 1. The third-order valence-electron chi connectivity index (χ3n) is 2.98. The molecule has 1 aromatic rings. The average molecular weight is 234 g/mol. The van der Waals surface area contributed by atoms with Gasteiger partial charge in [0.1, 0.15) is 0 Å². The van der Waals surface area contributed by atoms with Crippen LogP contribution in [0.25, 0.3) is 0 Å². The van der Waals surface area contributed by atoms with E-state index in [2.05, 4.69) is 50.4 Å². The maximum atomic E-state index is 5.72. The molecular weight excluding hydrogens is 208 g/mol. The standard InChI is InChI=1S/C15H26N2/c1-11(2)15-7-5-14(6-8-15)9-13(4)17-10-12(3)16/h5-8,11-13,17H,9-10,16H2,1-4H3. The van der Waals surface area contributed by atoms with Crippen LogP contribution in [0.2, 0.25) is 0 Å². The van der Waals surface area contributed by atoms with Gasteiger partial charge in [0.15, 0.2) is 0 Å². The Morgan fingerprint density at radius 3 is 2.12 bits per heavy atom. The minimum Gasteiger partial charge on any atom is -0.327 e. The fraction of sp³-hybridized carbons (Fsp3) is 0.600. The molecule has 2 nitrogen and oxygen atoms in total. The van der Waals surface area contributed by atoms with Crippen LogP contribution in [-0.2, 0) is 6.42 Å². The first kappa shape index (κ1) is 14.2. The predicted octanol–water partition coefficient (Wildman–Crippen LogP) is 2.68. The van der Waals surface area contributed by atoms with E-state index < -0.39 is 0 Å². The number of hydrogen-bond donors (Lipinski definition) is 2. The highest BCUT2D eigenvalue weighted by Crippen LogP contribution is 2.15. The minimum absolute atomic E-state index is 0.223. The highest BCUT2D eigenvalue weighted by molar-refractivity contribution is 5.25. The maximum absolute atomic E-state index is 5.72. The highest BCUT2D eigenvalue weighted by atomic mass is 14.9. The lowest BCUT2D eigenvalue weighted by molar-refractivity contribution is 0.514. The molecule has 1 aromatic carbocycles. The molecule has 0 fully saturated rings. The fourth-order valence-corrected chi connectivity index (χ4v) is 1.85. The van der Waals surface area contributed by atoms with Gasteiger partial charge in [-0.15, -0.1) is 0 Å². The van der Waals surface area contributed by atoms with Crippen molar-refractivity contribution in [3.63, 3.8) is 0 Å². The number of rotatable bonds is 6. The van der Waals surface area contributed by atoms with E-state index >= 15 is 0 Å². The number of hydrogen-bond acceptors (Lipinski definition) is 2. The van der Waals surface area contributed by atoms with E-state index in [1.54, 1.807) is 0 Å². The van der Waals surface area contributed by atoms with Gasteiger partial charge in [-0.3, -0.25) is 0 Å². The van der Waals surface area contributed by atoms with E-state index in [1.807, 2.05) is 6.92 Å². The van der Waals surface area contributed by atoms with Crippen LogP contribution in [0.3, 0.4) is 0 Å². The highest BCUT2D eigenvalue weighted by Gasteiger charge is 2.05. The molecular formula is C15H26N2. The molecule has 0 amide bonds. The van der Waals surface area contributed by atoms with Crippen molar-refractivity contribution in [2.45, 2.75) is 52.1 Å². The summed E-state index contributed by atoms with van der Waals surface area (Å²) >= 11 is 0. The number of nitrogens with two attached hydrogens (primary N) is 1. The van der Waals surface area contributed by atoms with Crippen molar-refractivity contribution in [3.05, 3.63) is 35.4 Å². The first-order valence-corrected chi connectivity index (χ1v) is 6.57. The zero-order valence-corrected chi connectivity index (χ0v) is 11.5. The van der Waals surface area contributed by atoms with Crippen molar-refractivity contribution in [3.8, 4) is 0 Å². The second-order valence-corrected chi connectivity index (χ2v) is 5.39. The molecule has 2 atom stereocenters. The van der Waals surface area contributed by atoms with Crippen LogP contribution in [0.1, 0.15) is 44.7 Å². The van der Waals surface area contributed by atoms with Gasteiger partial charge < -0.3 is 11.1 Å². The molecule has 0 aliphatic rings.